The molecule has 0 unspecified atom stereocenters. The summed E-state index contributed by atoms with van der Waals surface area (Å²) >= 11 is 0. The molecule has 1 aliphatic carbocycles. The van der Waals surface area contributed by atoms with Crippen LogP contribution < -0.4 is 9.47 Å². The number of benzene rings is 1. The highest BCUT2D eigenvalue weighted by Gasteiger charge is 2.19. The van der Waals surface area contributed by atoms with Crippen LogP contribution >= 0.6 is 0 Å². The molecule has 0 bridgehead atoms. The van der Waals surface area contributed by atoms with Crippen molar-refractivity contribution in [3.05, 3.63) is 41.6 Å². The predicted molar refractivity (Wildman–Crippen MR) is 99.3 cm³/mol. The van der Waals surface area contributed by atoms with Gasteiger partial charge in [0.2, 0.25) is 0 Å². The Morgan fingerprint density at radius 3 is 2.64 bits per heavy atom. The van der Waals surface area contributed by atoms with Crippen molar-refractivity contribution in [3.8, 4) is 22.8 Å². The highest BCUT2D eigenvalue weighted by molar-refractivity contribution is 5.68. The highest BCUT2D eigenvalue weighted by Crippen LogP contribution is 2.36. The standard InChI is InChI=1S/C21H27NO3/c1-3-18-15(11-13-23)10-12-22-21(18)16-8-9-19(24-2)20(14-16)25-17-6-4-5-7-17/h8-10,12,14,17,23H,3-7,11,13H2,1-2H3. The quantitative estimate of drug-likeness (QED) is 0.821. The van der Waals surface area contributed by atoms with Crippen LogP contribution in [0, 0.1) is 0 Å². The molecular formula is C21H27NO3. The molecule has 4 nitrogen and oxygen atoms in total. The molecule has 1 fully saturated rings. The summed E-state index contributed by atoms with van der Waals surface area (Å²) in [6, 6.07) is 8.03. The fourth-order valence-electron chi connectivity index (χ4n) is 3.63. The van der Waals surface area contributed by atoms with E-state index in [0.29, 0.717) is 6.42 Å². The molecule has 0 amide bonds. The van der Waals surface area contributed by atoms with Crippen LogP contribution in [0.5, 0.6) is 11.5 Å². The van der Waals surface area contributed by atoms with Crippen LogP contribution in [-0.4, -0.2) is 29.9 Å². The molecule has 1 aromatic carbocycles. The van der Waals surface area contributed by atoms with E-state index >= 15 is 0 Å². The van der Waals surface area contributed by atoms with Crippen LogP contribution in [0.1, 0.15) is 43.7 Å². The van der Waals surface area contributed by atoms with Gasteiger partial charge in [0.1, 0.15) is 0 Å². The molecule has 134 valence electrons. The monoisotopic (exact) mass is 341 g/mol. The van der Waals surface area contributed by atoms with Crippen LogP contribution in [0.15, 0.2) is 30.5 Å². The Hall–Kier alpha value is -2.07. The van der Waals surface area contributed by atoms with Crippen molar-refractivity contribution in [1.82, 2.24) is 4.98 Å². The first-order valence-corrected chi connectivity index (χ1v) is 9.19. The second-order valence-electron chi connectivity index (χ2n) is 6.51. The summed E-state index contributed by atoms with van der Waals surface area (Å²) in [6.07, 6.45) is 8.32. The summed E-state index contributed by atoms with van der Waals surface area (Å²) in [5.74, 6) is 1.56. The van der Waals surface area contributed by atoms with Crippen LogP contribution in [0.3, 0.4) is 0 Å². The molecule has 2 aromatic rings. The van der Waals surface area contributed by atoms with Crippen molar-refractivity contribution >= 4 is 0 Å². The Balaban J connectivity index is 1.98. The average Bonchev–Trinajstić information content (AvgIpc) is 3.15. The van der Waals surface area contributed by atoms with Gasteiger partial charge >= 0.3 is 0 Å². The minimum absolute atomic E-state index is 0.148. The first-order chi connectivity index (χ1) is 12.3. The van der Waals surface area contributed by atoms with Crippen LogP contribution in [-0.2, 0) is 12.8 Å². The topological polar surface area (TPSA) is 51.6 Å². The average molecular weight is 341 g/mol. The molecule has 1 heterocycles. The Morgan fingerprint density at radius 2 is 1.96 bits per heavy atom. The van der Waals surface area contributed by atoms with Gasteiger partial charge in [-0.2, -0.15) is 0 Å². The molecule has 0 spiro atoms. The Morgan fingerprint density at radius 1 is 1.16 bits per heavy atom. The number of aliphatic hydroxyl groups is 1. The SMILES string of the molecule is CCc1c(CCO)ccnc1-c1ccc(OC)c(OC2CCCC2)c1. The van der Waals surface area contributed by atoms with Gasteiger partial charge < -0.3 is 14.6 Å². The number of ether oxygens (including phenoxy) is 2. The summed E-state index contributed by atoms with van der Waals surface area (Å²) in [5, 5.41) is 9.32. The first kappa shape index (κ1) is 17.7. The van der Waals surface area contributed by atoms with Gasteiger partial charge in [-0.05, 0) is 73.9 Å². The Kier molecular flexibility index (Phi) is 5.92. The summed E-state index contributed by atoms with van der Waals surface area (Å²) < 4.78 is 11.7. The fraction of sp³-hybridized carbons (Fsp3) is 0.476. The van der Waals surface area contributed by atoms with Gasteiger partial charge in [0.25, 0.3) is 0 Å². The largest absolute Gasteiger partial charge is 0.493 e. The molecule has 4 heteroatoms. The van der Waals surface area contributed by atoms with E-state index in [1.807, 2.05) is 30.5 Å². The third kappa shape index (κ3) is 3.96. The third-order valence-electron chi connectivity index (χ3n) is 4.92. The first-order valence-electron chi connectivity index (χ1n) is 9.19. The molecule has 0 aliphatic heterocycles. The lowest BCUT2D eigenvalue weighted by atomic mass is 9.97. The number of methoxy groups -OCH3 is 1. The van der Waals surface area contributed by atoms with E-state index in [1.54, 1.807) is 7.11 Å². The number of aromatic nitrogens is 1. The van der Waals surface area contributed by atoms with Crippen molar-refractivity contribution in [2.24, 2.45) is 0 Å². The molecule has 0 radical (unpaired) electrons. The molecule has 1 aliphatic rings. The zero-order valence-electron chi connectivity index (χ0n) is 15.1. The number of hydrogen-bond acceptors (Lipinski definition) is 4. The molecule has 1 N–H and O–H groups in total. The molecule has 3 rings (SSSR count). The number of nitrogens with zero attached hydrogens (tertiary/aromatic N) is 1. The maximum Gasteiger partial charge on any atom is 0.162 e. The molecular weight excluding hydrogens is 314 g/mol. The molecule has 1 aromatic heterocycles. The van der Waals surface area contributed by atoms with E-state index in [0.717, 1.165) is 47.6 Å². The third-order valence-corrected chi connectivity index (χ3v) is 4.92. The minimum Gasteiger partial charge on any atom is -0.493 e. The maximum atomic E-state index is 9.32. The van der Waals surface area contributed by atoms with Gasteiger partial charge in [-0.15, -0.1) is 0 Å². The van der Waals surface area contributed by atoms with E-state index in [2.05, 4.69) is 11.9 Å². The minimum atomic E-state index is 0.148. The zero-order valence-corrected chi connectivity index (χ0v) is 15.1. The molecule has 0 saturated heterocycles. The van der Waals surface area contributed by atoms with Crippen LogP contribution in [0.25, 0.3) is 11.3 Å². The second kappa shape index (κ2) is 8.34. The van der Waals surface area contributed by atoms with Crippen molar-refractivity contribution < 1.29 is 14.6 Å². The Labute approximate surface area is 149 Å². The number of aliphatic hydroxyl groups excluding tert-OH is 1. The van der Waals surface area contributed by atoms with Gasteiger partial charge in [0, 0.05) is 18.4 Å². The normalized spacial score (nSPS) is 14.7. The van der Waals surface area contributed by atoms with Crippen molar-refractivity contribution in [1.29, 1.82) is 0 Å². The van der Waals surface area contributed by atoms with Gasteiger partial charge in [-0.1, -0.05) is 6.92 Å². The van der Waals surface area contributed by atoms with Crippen molar-refractivity contribution in [2.45, 2.75) is 51.6 Å². The van der Waals surface area contributed by atoms with E-state index in [9.17, 15) is 5.11 Å². The number of hydrogen-bond donors (Lipinski definition) is 1. The summed E-state index contributed by atoms with van der Waals surface area (Å²) in [5.41, 5.74) is 4.34. The van der Waals surface area contributed by atoms with E-state index in [-0.39, 0.29) is 12.7 Å². The summed E-state index contributed by atoms with van der Waals surface area (Å²) in [6.45, 7) is 2.27. The maximum absolute atomic E-state index is 9.32. The van der Waals surface area contributed by atoms with Gasteiger partial charge in [0.15, 0.2) is 11.5 Å². The van der Waals surface area contributed by atoms with Crippen LogP contribution in [0.4, 0.5) is 0 Å². The molecule has 0 atom stereocenters. The van der Waals surface area contributed by atoms with Gasteiger partial charge in [-0.3, -0.25) is 4.98 Å². The second-order valence-corrected chi connectivity index (χ2v) is 6.51. The van der Waals surface area contributed by atoms with E-state index in [4.69, 9.17) is 9.47 Å². The van der Waals surface area contributed by atoms with E-state index in [1.165, 1.54) is 18.4 Å². The highest BCUT2D eigenvalue weighted by atomic mass is 16.5. The smallest absolute Gasteiger partial charge is 0.162 e. The summed E-state index contributed by atoms with van der Waals surface area (Å²) in [7, 11) is 1.67. The fourth-order valence-corrected chi connectivity index (χ4v) is 3.63. The van der Waals surface area contributed by atoms with Crippen LogP contribution in [0.2, 0.25) is 0 Å². The summed E-state index contributed by atoms with van der Waals surface area (Å²) in [4.78, 5) is 4.61. The molecule has 1 saturated carbocycles. The number of pyridine rings is 1. The lowest BCUT2D eigenvalue weighted by Gasteiger charge is -2.18. The molecule has 25 heavy (non-hydrogen) atoms. The van der Waals surface area contributed by atoms with Crippen molar-refractivity contribution in [2.75, 3.05) is 13.7 Å². The lowest BCUT2D eigenvalue weighted by molar-refractivity contribution is 0.201. The van der Waals surface area contributed by atoms with Gasteiger partial charge in [-0.25, -0.2) is 0 Å². The van der Waals surface area contributed by atoms with Crippen molar-refractivity contribution in [3.63, 3.8) is 0 Å². The number of rotatable bonds is 7. The zero-order chi connectivity index (χ0) is 17.6. The Bertz CT molecular complexity index is 708. The lowest BCUT2D eigenvalue weighted by Crippen LogP contribution is -2.11. The predicted octanol–water partition coefficient (Wildman–Crippen LogP) is 4.18. The van der Waals surface area contributed by atoms with E-state index < -0.39 is 0 Å². The van der Waals surface area contributed by atoms with Gasteiger partial charge in [0.05, 0.1) is 18.9 Å².